The molecule has 0 radical (unpaired) electrons. The monoisotopic (exact) mass is 429 g/mol. The summed E-state index contributed by atoms with van der Waals surface area (Å²) in [4.78, 5) is 55.8. The van der Waals surface area contributed by atoms with E-state index in [2.05, 4.69) is 11.8 Å². The highest BCUT2D eigenvalue weighted by Gasteiger charge is 2.40. The molecule has 8 heteroatoms. The Morgan fingerprint density at radius 1 is 0.938 bits per heavy atom. The Labute approximate surface area is 184 Å². The zero-order valence-electron chi connectivity index (χ0n) is 17.5. The van der Waals surface area contributed by atoms with Gasteiger partial charge < -0.3 is 4.74 Å². The molecule has 2 heterocycles. The van der Waals surface area contributed by atoms with Crippen LogP contribution in [0.15, 0.2) is 12.1 Å². The zero-order valence-corrected chi connectivity index (χ0v) is 17.5. The first-order chi connectivity index (χ1) is 15.4. The summed E-state index contributed by atoms with van der Waals surface area (Å²) < 4.78 is 4.73. The van der Waals surface area contributed by atoms with Gasteiger partial charge in [-0.05, 0) is 23.9 Å². The van der Waals surface area contributed by atoms with Crippen LogP contribution >= 0.6 is 0 Å². The summed E-state index contributed by atoms with van der Waals surface area (Å²) in [5.74, 6) is -3.22. The van der Waals surface area contributed by atoms with E-state index in [0.29, 0.717) is 6.42 Å². The molecule has 0 saturated heterocycles. The average Bonchev–Trinajstić information content (AvgIpc) is 2.79. The van der Waals surface area contributed by atoms with E-state index in [9.17, 15) is 24.4 Å². The van der Waals surface area contributed by atoms with Crippen molar-refractivity contribution in [2.45, 2.75) is 45.4 Å². The predicted octanol–water partition coefficient (Wildman–Crippen LogP) is 4.53. The van der Waals surface area contributed by atoms with E-state index in [-0.39, 0.29) is 50.8 Å². The third-order valence-corrected chi connectivity index (χ3v) is 5.90. The summed E-state index contributed by atoms with van der Waals surface area (Å²) in [6.07, 6.45) is 5.82. The quantitative estimate of drug-likeness (QED) is 0.210. The van der Waals surface area contributed by atoms with E-state index in [1.54, 1.807) is 0 Å². The van der Waals surface area contributed by atoms with Crippen LogP contribution in [0.4, 0.5) is 5.69 Å². The number of hydrogen-bond acceptors (Lipinski definition) is 6. The Hall–Kier alpha value is -4.04. The highest BCUT2D eigenvalue weighted by molar-refractivity contribution is 6.33. The Bertz CT molecular complexity index is 1300. The minimum atomic E-state index is -1.01. The van der Waals surface area contributed by atoms with E-state index in [4.69, 9.17) is 11.3 Å². The number of carbonyl (C=O) groups excluding carboxylic acids is 4. The number of esters is 2. The minimum absolute atomic E-state index is 0.0208. The molecule has 0 spiro atoms. The number of ether oxygens (including phenoxy) is 1. The van der Waals surface area contributed by atoms with Crippen LogP contribution in [0.5, 0.6) is 0 Å². The molecule has 0 bridgehead atoms. The molecule has 2 aromatic carbocycles. The Morgan fingerprint density at radius 2 is 1.62 bits per heavy atom. The third-order valence-electron chi connectivity index (χ3n) is 5.90. The summed E-state index contributed by atoms with van der Waals surface area (Å²) >= 11 is 0. The average molecular weight is 429 g/mol. The van der Waals surface area contributed by atoms with E-state index in [1.807, 2.05) is 6.07 Å². The molecule has 32 heavy (non-hydrogen) atoms. The van der Waals surface area contributed by atoms with Crippen molar-refractivity contribution in [2.75, 3.05) is 6.54 Å². The molecule has 0 unspecified atom stereocenters. The lowest BCUT2D eigenvalue weighted by molar-refractivity contribution is 0.0388. The van der Waals surface area contributed by atoms with Crippen molar-refractivity contribution in [3.05, 3.63) is 51.4 Å². The summed E-state index contributed by atoms with van der Waals surface area (Å²) in [5.41, 5.74) is -0.463. The fourth-order valence-electron chi connectivity index (χ4n) is 4.37. The Kier molecular flexibility index (Phi) is 5.46. The van der Waals surface area contributed by atoms with Crippen molar-refractivity contribution < 1.29 is 23.9 Å². The molecule has 0 fully saturated rings. The molecular weight excluding hydrogens is 410 g/mol. The van der Waals surface area contributed by atoms with E-state index in [0.717, 1.165) is 37.0 Å². The number of cyclic esters (lactones) is 2. The van der Waals surface area contributed by atoms with Gasteiger partial charge in [0.2, 0.25) is 5.69 Å². The number of carbonyl (C=O) groups is 4. The highest BCUT2D eigenvalue weighted by Crippen LogP contribution is 2.43. The van der Waals surface area contributed by atoms with Gasteiger partial charge in [0.1, 0.15) is 6.07 Å². The molecule has 0 N–H and O–H groups in total. The largest absolute Gasteiger partial charge is 0.386 e. The van der Waals surface area contributed by atoms with E-state index < -0.39 is 23.8 Å². The Balaban J connectivity index is 1.86. The fraction of sp³-hybridized carbons (Fsp3) is 0.333. The van der Waals surface area contributed by atoms with Crippen molar-refractivity contribution in [2.24, 2.45) is 0 Å². The second kappa shape index (κ2) is 8.24. The standard InChI is InChI=1S/C24H19N3O5/c1-3-4-5-6-7-8-9-27-21(28)14-10-13(12-25)17-19-15(23(30)32-24(17)31)11-16(26-2)20(18(14)19)22(27)29/h10-11H,3-9H2,1H3. The first-order valence-corrected chi connectivity index (χ1v) is 10.5. The van der Waals surface area contributed by atoms with Gasteiger partial charge in [-0.15, -0.1) is 0 Å². The van der Waals surface area contributed by atoms with Crippen LogP contribution in [0.3, 0.4) is 0 Å². The number of unbranched alkanes of at least 4 members (excludes halogenated alkanes) is 5. The molecule has 0 aliphatic carbocycles. The third kappa shape index (κ3) is 3.12. The molecule has 2 amide bonds. The van der Waals surface area contributed by atoms with Crippen molar-refractivity contribution >= 4 is 40.2 Å². The van der Waals surface area contributed by atoms with Gasteiger partial charge in [0.15, 0.2) is 0 Å². The van der Waals surface area contributed by atoms with Gasteiger partial charge in [-0.3, -0.25) is 14.5 Å². The van der Waals surface area contributed by atoms with Crippen LogP contribution in [0, 0.1) is 17.9 Å². The minimum Gasteiger partial charge on any atom is -0.386 e. The molecule has 4 rings (SSSR count). The van der Waals surface area contributed by atoms with Gasteiger partial charge in [0.05, 0.1) is 28.8 Å². The number of hydrogen-bond donors (Lipinski definition) is 0. The maximum atomic E-state index is 13.3. The predicted molar refractivity (Wildman–Crippen MR) is 113 cm³/mol. The van der Waals surface area contributed by atoms with Crippen LogP contribution in [0.2, 0.25) is 0 Å². The first-order valence-electron chi connectivity index (χ1n) is 10.5. The highest BCUT2D eigenvalue weighted by atomic mass is 16.6. The van der Waals surface area contributed by atoms with Crippen molar-refractivity contribution in [1.82, 2.24) is 4.90 Å². The molecule has 0 saturated carbocycles. The fourth-order valence-corrected chi connectivity index (χ4v) is 4.37. The van der Waals surface area contributed by atoms with Crippen LogP contribution < -0.4 is 0 Å². The van der Waals surface area contributed by atoms with Gasteiger partial charge in [0, 0.05) is 17.5 Å². The number of amides is 2. The number of rotatable bonds is 7. The molecular formula is C24H19N3O5. The van der Waals surface area contributed by atoms with Crippen molar-refractivity contribution in [1.29, 1.82) is 5.26 Å². The molecule has 0 aromatic heterocycles. The summed E-state index contributed by atoms with van der Waals surface area (Å²) in [6.45, 7) is 9.83. The van der Waals surface area contributed by atoms with Crippen LogP contribution in [0.1, 0.15) is 92.4 Å². The second-order valence-corrected chi connectivity index (χ2v) is 7.85. The summed E-state index contributed by atoms with van der Waals surface area (Å²) in [7, 11) is 0. The molecule has 2 aliphatic heterocycles. The molecule has 0 atom stereocenters. The topological polar surface area (TPSA) is 109 Å². The lowest BCUT2D eigenvalue weighted by Gasteiger charge is -2.30. The molecule has 8 nitrogen and oxygen atoms in total. The lowest BCUT2D eigenvalue weighted by atomic mass is 9.84. The maximum Gasteiger partial charge on any atom is 0.348 e. The normalized spacial score (nSPS) is 14.4. The first kappa shape index (κ1) is 21.2. The SMILES string of the molecule is [C-]#[N+]c1cc2c3c(c(C#N)cc4c3c1C(=O)N(CCCCCCCC)C4=O)C(=O)OC2=O. The maximum absolute atomic E-state index is 13.3. The zero-order chi connectivity index (χ0) is 23.0. The summed E-state index contributed by atoms with van der Waals surface area (Å²) in [6, 6.07) is 4.33. The number of nitrogens with zero attached hydrogens (tertiary/aromatic N) is 3. The molecule has 2 aromatic rings. The van der Waals surface area contributed by atoms with Gasteiger partial charge in [-0.1, -0.05) is 39.0 Å². The van der Waals surface area contributed by atoms with E-state index in [1.165, 1.54) is 12.1 Å². The molecule has 160 valence electrons. The van der Waals surface area contributed by atoms with Crippen molar-refractivity contribution in [3.63, 3.8) is 0 Å². The lowest BCUT2D eigenvalue weighted by Crippen LogP contribution is -2.41. The van der Waals surface area contributed by atoms with Gasteiger partial charge in [0.25, 0.3) is 11.8 Å². The van der Waals surface area contributed by atoms with Crippen LogP contribution in [0.25, 0.3) is 15.6 Å². The van der Waals surface area contributed by atoms with Gasteiger partial charge in [-0.25, -0.2) is 14.4 Å². The van der Waals surface area contributed by atoms with Crippen LogP contribution in [-0.2, 0) is 4.74 Å². The van der Waals surface area contributed by atoms with E-state index >= 15 is 0 Å². The number of nitriles is 1. The number of imide groups is 1. The number of benzene rings is 2. The summed E-state index contributed by atoms with van der Waals surface area (Å²) in [5, 5.41) is 9.68. The van der Waals surface area contributed by atoms with Crippen molar-refractivity contribution in [3.8, 4) is 6.07 Å². The Morgan fingerprint density at radius 3 is 2.31 bits per heavy atom. The van der Waals surface area contributed by atoms with Gasteiger partial charge >= 0.3 is 11.9 Å². The van der Waals surface area contributed by atoms with Crippen LogP contribution in [-0.4, -0.2) is 35.2 Å². The smallest absolute Gasteiger partial charge is 0.348 e. The van der Waals surface area contributed by atoms with Gasteiger partial charge in [-0.2, -0.15) is 5.26 Å². The second-order valence-electron chi connectivity index (χ2n) is 7.85. The molecule has 2 aliphatic rings.